The summed E-state index contributed by atoms with van der Waals surface area (Å²) in [6.45, 7) is 20.7. The van der Waals surface area contributed by atoms with E-state index in [-0.39, 0.29) is 60.6 Å². The van der Waals surface area contributed by atoms with Gasteiger partial charge in [0.1, 0.15) is 22.7 Å². The van der Waals surface area contributed by atoms with Crippen molar-refractivity contribution in [3.05, 3.63) is 82.5 Å². The highest BCUT2D eigenvalue weighted by molar-refractivity contribution is 6.61. The topological polar surface area (TPSA) is 399 Å². The molecule has 0 saturated carbocycles. The average Bonchev–Trinajstić information content (AvgIpc) is 1.74. The molecule has 0 unspecified atom stereocenters. The summed E-state index contributed by atoms with van der Waals surface area (Å²) in [5, 5.41) is 28.7. The fraction of sp³-hybridized carbons (Fsp3) is 0.655. The van der Waals surface area contributed by atoms with E-state index in [1.807, 2.05) is 20.8 Å². The number of carbonyl (C=O) groups excluding carboxylic acids is 6. The summed E-state index contributed by atoms with van der Waals surface area (Å²) in [6, 6.07) is 5.02. The predicted octanol–water partition coefficient (Wildman–Crippen LogP) is 1.88. The minimum absolute atomic E-state index is 0. The summed E-state index contributed by atoms with van der Waals surface area (Å²) in [6.07, 6.45) is 7.87. The third-order valence-electron chi connectivity index (χ3n) is 11.4. The van der Waals surface area contributed by atoms with Gasteiger partial charge >= 0.3 is 11.5 Å². The molecule has 536 valence electrons. The molecular weight excluding hydrogens is 1310 g/mol. The van der Waals surface area contributed by atoms with Crippen LogP contribution in [0.2, 0.25) is 0 Å². The first kappa shape index (κ1) is 84.5. The maximum Gasteiger partial charge on any atom is 0.409 e. The number of aromatic nitrogens is 6. The quantitative estimate of drug-likeness (QED) is 0.0268. The minimum atomic E-state index is -0.978. The number of imide groups is 2. The standard InChI is InChI=1S/C28H47N5O11.C23H39N5O9.C7H4ClNO4.ClH/c1-28(2,3)44-27(36)29-6-8-37-10-12-39-14-16-41-18-20-43-21-19-42-17-15-40-13-11-38-9-7-32-22-24(30-31-32)23-33-25(34)4-5-26(33)35;24-3-5-31-7-9-33-11-13-35-15-17-37-18-16-36-14-12-34-10-8-32-6-4-27-19-21(25-26-27)20-28-22(29)1-2-23(28)30;8-7(10)13-6-3-1-5(2-4-6)9(11)12;/h4-5,22H,6-21,23H2,1-3H3,(H,29,36);1-2,19H,3-18,20,24H2;1-4H;1H. The number of carbonyl (C=O) groups is 6. The minimum Gasteiger partial charge on any atom is -0.444 e. The van der Waals surface area contributed by atoms with Crippen LogP contribution in [0, 0.1) is 10.1 Å². The van der Waals surface area contributed by atoms with Gasteiger partial charge in [-0.2, -0.15) is 0 Å². The van der Waals surface area contributed by atoms with Crippen molar-refractivity contribution < 1.29 is 109 Å². The van der Waals surface area contributed by atoms with Gasteiger partial charge in [0, 0.05) is 61.1 Å². The number of hydrogen-bond acceptors (Lipinski definition) is 29. The summed E-state index contributed by atoms with van der Waals surface area (Å²) in [5.41, 5.74) is 4.81. The summed E-state index contributed by atoms with van der Waals surface area (Å²) in [7, 11) is 0. The molecule has 2 aliphatic heterocycles. The molecule has 37 heteroatoms. The van der Waals surface area contributed by atoms with Crippen molar-refractivity contribution in [2.24, 2.45) is 5.73 Å². The molecule has 0 fully saturated rings. The largest absolute Gasteiger partial charge is 0.444 e. The zero-order chi connectivity index (χ0) is 68.1. The molecule has 0 aliphatic carbocycles. The molecule has 4 heterocycles. The Morgan fingerprint density at radius 2 is 0.789 bits per heavy atom. The molecule has 0 bridgehead atoms. The average molecular weight is 1400 g/mol. The van der Waals surface area contributed by atoms with Gasteiger partial charge in [-0.3, -0.25) is 39.1 Å². The van der Waals surface area contributed by atoms with Crippen LogP contribution >= 0.6 is 24.0 Å². The van der Waals surface area contributed by atoms with Crippen molar-refractivity contribution in [3.8, 4) is 5.75 Å². The second kappa shape index (κ2) is 54.5. The Morgan fingerprint density at radius 1 is 0.495 bits per heavy atom. The lowest BCUT2D eigenvalue weighted by Crippen LogP contribution is -2.34. The van der Waals surface area contributed by atoms with Gasteiger partial charge < -0.3 is 86.8 Å². The molecule has 3 aromatic rings. The Balaban J connectivity index is 0.000000543. The number of benzene rings is 1. The normalized spacial score (nSPS) is 12.6. The summed E-state index contributed by atoms with van der Waals surface area (Å²) >= 11 is 4.92. The molecule has 95 heavy (non-hydrogen) atoms. The molecule has 35 nitrogen and oxygen atoms in total. The van der Waals surface area contributed by atoms with Crippen molar-refractivity contribution >= 4 is 64.8 Å². The number of nitro benzene ring substituents is 1. The number of nitrogens with one attached hydrogen (secondary N) is 1. The van der Waals surface area contributed by atoms with E-state index in [1.165, 1.54) is 48.6 Å². The van der Waals surface area contributed by atoms with Crippen LogP contribution in [0.3, 0.4) is 0 Å². The summed E-state index contributed by atoms with van der Waals surface area (Å²) < 4.78 is 88.7. The number of halogens is 2. The molecule has 2 aromatic heterocycles. The number of nitrogens with zero attached hydrogens (tertiary/aromatic N) is 9. The predicted molar refractivity (Wildman–Crippen MR) is 336 cm³/mol. The van der Waals surface area contributed by atoms with Crippen LogP contribution in [0.4, 0.5) is 15.3 Å². The number of hydrogen-bond donors (Lipinski definition) is 2. The van der Waals surface area contributed by atoms with Gasteiger partial charge in [0.05, 0.1) is 228 Å². The van der Waals surface area contributed by atoms with Crippen LogP contribution in [-0.4, -0.2) is 284 Å². The molecule has 0 radical (unpaired) electrons. The number of nitrogens with two attached hydrogens (primary N) is 1. The zero-order valence-electron chi connectivity index (χ0n) is 54.0. The Bertz CT molecular complexity index is 2600. The van der Waals surface area contributed by atoms with Gasteiger partial charge in [0.2, 0.25) is 0 Å². The van der Waals surface area contributed by atoms with Crippen LogP contribution in [0.25, 0.3) is 0 Å². The molecule has 0 spiro atoms. The molecule has 1 aromatic carbocycles. The Hall–Kier alpha value is -6.62. The van der Waals surface area contributed by atoms with Gasteiger partial charge in [0.25, 0.3) is 29.3 Å². The summed E-state index contributed by atoms with van der Waals surface area (Å²) in [4.78, 5) is 80.0. The monoisotopic (exact) mass is 1400 g/mol. The highest BCUT2D eigenvalue weighted by Gasteiger charge is 2.26. The number of rotatable bonds is 53. The molecule has 5 rings (SSSR count). The highest BCUT2D eigenvalue weighted by atomic mass is 35.5. The van der Waals surface area contributed by atoms with Crippen LogP contribution < -0.4 is 15.8 Å². The highest BCUT2D eigenvalue weighted by Crippen LogP contribution is 2.18. The summed E-state index contributed by atoms with van der Waals surface area (Å²) in [5.74, 6) is -1.22. The molecular formula is C58H91Cl2N11O24. The van der Waals surface area contributed by atoms with Crippen molar-refractivity contribution in [3.63, 3.8) is 0 Å². The third-order valence-corrected chi connectivity index (χ3v) is 11.5. The Labute approximate surface area is 562 Å². The van der Waals surface area contributed by atoms with Crippen LogP contribution in [-0.2, 0) is 116 Å². The van der Waals surface area contributed by atoms with Crippen molar-refractivity contribution in [1.29, 1.82) is 0 Å². The smallest absolute Gasteiger partial charge is 0.409 e. The van der Waals surface area contributed by atoms with E-state index in [2.05, 4.69) is 30.7 Å². The molecule has 5 amide bonds. The SMILES string of the molecule is CC(C)(C)OC(=O)NCCOCCOCCOCCOCCOCCOCCOCCn1cc(CN2C(=O)C=CC2=O)nn1.Cl.NCCOCCOCCOCCOCCOCCOCCOCCn1cc(CN2C(=O)C=CC2=O)nn1.O=C(Cl)Oc1ccc([N+](=O)[O-])cc1. The van der Waals surface area contributed by atoms with Gasteiger partial charge in [-0.05, 0) is 32.9 Å². The molecule has 3 N–H and O–H groups in total. The molecule has 0 saturated heterocycles. The third kappa shape index (κ3) is 44.7. The fourth-order valence-electron chi connectivity index (χ4n) is 7.05. The van der Waals surface area contributed by atoms with Gasteiger partial charge in [-0.15, -0.1) is 22.6 Å². The van der Waals surface area contributed by atoms with Crippen molar-refractivity contribution in [2.75, 3.05) is 198 Å². The second-order valence-electron chi connectivity index (χ2n) is 20.0. The number of non-ortho nitro benzene ring substituents is 1. The Morgan fingerprint density at radius 3 is 1.07 bits per heavy atom. The zero-order valence-corrected chi connectivity index (χ0v) is 55.6. The van der Waals surface area contributed by atoms with Gasteiger partial charge in [-0.1, -0.05) is 10.4 Å². The van der Waals surface area contributed by atoms with E-state index >= 15 is 0 Å². The lowest BCUT2D eigenvalue weighted by atomic mass is 10.2. The first-order valence-electron chi connectivity index (χ1n) is 30.3. The van der Waals surface area contributed by atoms with Crippen LogP contribution in [0.1, 0.15) is 32.2 Å². The van der Waals surface area contributed by atoms with Gasteiger partial charge in [0.15, 0.2) is 0 Å². The maximum atomic E-state index is 11.6. The molecule has 2 aliphatic rings. The van der Waals surface area contributed by atoms with E-state index < -0.39 is 22.0 Å². The number of nitro groups is 1. The van der Waals surface area contributed by atoms with Crippen molar-refractivity contribution in [2.45, 2.75) is 52.6 Å². The number of alkyl carbamates (subject to hydrolysis) is 1. The lowest BCUT2D eigenvalue weighted by molar-refractivity contribution is -0.384. The van der Waals surface area contributed by atoms with Crippen LogP contribution in [0.5, 0.6) is 5.75 Å². The van der Waals surface area contributed by atoms with Gasteiger partial charge in [-0.25, -0.2) is 19.0 Å². The van der Waals surface area contributed by atoms with E-state index in [0.717, 1.165) is 9.80 Å². The van der Waals surface area contributed by atoms with Crippen molar-refractivity contribution in [1.82, 2.24) is 45.1 Å². The van der Waals surface area contributed by atoms with E-state index in [1.54, 1.807) is 21.8 Å². The van der Waals surface area contributed by atoms with E-state index in [9.17, 15) is 38.9 Å². The first-order valence-corrected chi connectivity index (χ1v) is 30.6. The van der Waals surface area contributed by atoms with E-state index in [0.29, 0.717) is 223 Å². The van der Waals surface area contributed by atoms with E-state index in [4.69, 9.17) is 88.4 Å². The fourth-order valence-corrected chi connectivity index (χ4v) is 7.14. The second-order valence-corrected chi connectivity index (χ2v) is 20.3. The first-order chi connectivity index (χ1) is 45.5. The Kier molecular flexibility index (Phi) is 48.5. The van der Waals surface area contributed by atoms with Crippen LogP contribution in [0.15, 0.2) is 61.0 Å². The number of ether oxygens (including phenoxy) is 16. The molecule has 0 atom stereocenters. The maximum absolute atomic E-state index is 11.6. The number of amides is 5. The lowest BCUT2D eigenvalue weighted by Gasteiger charge is -2.19.